The van der Waals surface area contributed by atoms with Crippen LogP contribution in [0.25, 0.3) is 6.08 Å². The minimum absolute atomic E-state index is 0.117. The van der Waals surface area contributed by atoms with E-state index < -0.39 is 0 Å². The molecule has 1 aromatic heterocycles. The fourth-order valence-electron chi connectivity index (χ4n) is 1.49. The van der Waals surface area contributed by atoms with Gasteiger partial charge >= 0.3 is 0 Å². The number of amides is 1. The summed E-state index contributed by atoms with van der Waals surface area (Å²) in [6, 6.07) is 9.70. The zero-order valence-electron chi connectivity index (χ0n) is 9.81. The van der Waals surface area contributed by atoms with Crippen LogP contribution < -0.4 is 5.32 Å². The first-order valence-corrected chi connectivity index (χ1v) is 7.11. The van der Waals surface area contributed by atoms with Gasteiger partial charge in [0.05, 0.1) is 0 Å². The number of rotatable bonds is 3. The molecular formula is C14H12BrNOS. The molecule has 0 saturated carbocycles. The average molecular weight is 322 g/mol. The molecule has 2 nitrogen and oxygen atoms in total. The lowest BCUT2D eigenvalue weighted by Crippen LogP contribution is -2.08. The fourth-order valence-corrected chi connectivity index (χ4v) is 2.58. The van der Waals surface area contributed by atoms with Crippen molar-refractivity contribution in [3.63, 3.8) is 0 Å². The lowest BCUT2D eigenvalue weighted by molar-refractivity contribution is -0.111. The molecule has 92 valence electrons. The van der Waals surface area contributed by atoms with E-state index in [0.717, 1.165) is 20.6 Å². The molecule has 0 fully saturated rings. The van der Waals surface area contributed by atoms with E-state index in [-0.39, 0.29) is 5.91 Å². The molecule has 0 bridgehead atoms. The summed E-state index contributed by atoms with van der Waals surface area (Å²) in [4.78, 5) is 12.8. The second-order valence-corrected chi connectivity index (χ2v) is 5.69. The van der Waals surface area contributed by atoms with Gasteiger partial charge in [0.15, 0.2) is 0 Å². The second kappa shape index (κ2) is 5.98. The van der Waals surface area contributed by atoms with E-state index in [9.17, 15) is 4.79 Å². The molecule has 0 spiro atoms. The number of benzene rings is 1. The Labute approximate surface area is 118 Å². The summed E-state index contributed by atoms with van der Waals surface area (Å²) in [6.07, 6.45) is 3.36. The molecule has 0 aliphatic carbocycles. The van der Waals surface area contributed by atoms with Gasteiger partial charge in [0, 0.05) is 21.1 Å². The van der Waals surface area contributed by atoms with E-state index in [2.05, 4.69) is 21.2 Å². The SMILES string of the molecule is Cc1cc(Br)ccc1NC(=O)/C=C/c1cccs1. The molecule has 0 aliphatic heterocycles. The molecular weight excluding hydrogens is 310 g/mol. The Morgan fingerprint density at radius 2 is 2.22 bits per heavy atom. The van der Waals surface area contributed by atoms with Crippen molar-refractivity contribution in [1.29, 1.82) is 0 Å². The van der Waals surface area contributed by atoms with Crippen molar-refractivity contribution in [1.82, 2.24) is 0 Å². The Morgan fingerprint density at radius 3 is 2.89 bits per heavy atom. The van der Waals surface area contributed by atoms with E-state index in [1.165, 1.54) is 0 Å². The number of hydrogen-bond acceptors (Lipinski definition) is 2. The van der Waals surface area contributed by atoms with Crippen LogP contribution in [0.1, 0.15) is 10.4 Å². The molecule has 1 amide bonds. The maximum absolute atomic E-state index is 11.7. The summed E-state index contributed by atoms with van der Waals surface area (Å²) in [5.41, 5.74) is 1.86. The normalized spacial score (nSPS) is 10.8. The second-order valence-electron chi connectivity index (χ2n) is 3.80. The van der Waals surface area contributed by atoms with Crippen molar-refractivity contribution in [2.45, 2.75) is 6.92 Å². The number of aryl methyl sites for hydroxylation is 1. The van der Waals surface area contributed by atoms with E-state index in [1.807, 2.05) is 48.7 Å². The van der Waals surface area contributed by atoms with E-state index in [4.69, 9.17) is 0 Å². The predicted molar refractivity (Wildman–Crippen MR) is 80.9 cm³/mol. The maximum atomic E-state index is 11.7. The maximum Gasteiger partial charge on any atom is 0.248 e. The van der Waals surface area contributed by atoms with Crippen LogP contribution in [-0.2, 0) is 4.79 Å². The molecule has 1 heterocycles. The minimum atomic E-state index is -0.117. The molecule has 18 heavy (non-hydrogen) atoms. The van der Waals surface area contributed by atoms with Gasteiger partial charge in [-0.2, -0.15) is 0 Å². The van der Waals surface area contributed by atoms with Gasteiger partial charge < -0.3 is 5.32 Å². The minimum Gasteiger partial charge on any atom is -0.322 e. The van der Waals surface area contributed by atoms with Gasteiger partial charge in [-0.3, -0.25) is 4.79 Å². The zero-order valence-corrected chi connectivity index (χ0v) is 12.2. The van der Waals surface area contributed by atoms with Crippen molar-refractivity contribution >= 4 is 44.9 Å². The first-order chi connectivity index (χ1) is 8.65. The monoisotopic (exact) mass is 321 g/mol. The lowest BCUT2D eigenvalue weighted by Gasteiger charge is -2.06. The van der Waals surface area contributed by atoms with Crippen molar-refractivity contribution in [2.75, 3.05) is 5.32 Å². The van der Waals surface area contributed by atoms with Crippen molar-refractivity contribution in [3.8, 4) is 0 Å². The summed E-state index contributed by atoms with van der Waals surface area (Å²) in [6.45, 7) is 1.96. The highest BCUT2D eigenvalue weighted by Crippen LogP contribution is 2.20. The van der Waals surface area contributed by atoms with Crippen LogP contribution in [0, 0.1) is 6.92 Å². The third-order valence-corrected chi connectivity index (χ3v) is 3.72. The van der Waals surface area contributed by atoms with Crippen molar-refractivity contribution in [2.24, 2.45) is 0 Å². The topological polar surface area (TPSA) is 29.1 Å². The molecule has 0 aliphatic rings. The zero-order chi connectivity index (χ0) is 13.0. The summed E-state index contributed by atoms with van der Waals surface area (Å²) in [7, 11) is 0. The van der Waals surface area contributed by atoms with E-state index in [1.54, 1.807) is 17.4 Å². The Balaban J connectivity index is 2.03. The Morgan fingerprint density at radius 1 is 1.39 bits per heavy atom. The predicted octanol–water partition coefficient (Wildman–Crippen LogP) is 4.47. The lowest BCUT2D eigenvalue weighted by atomic mass is 10.2. The Hall–Kier alpha value is -1.39. The van der Waals surface area contributed by atoms with Crippen LogP contribution in [0.5, 0.6) is 0 Å². The standard InChI is InChI=1S/C14H12BrNOS/c1-10-9-11(15)4-6-13(10)16-14(17)7-5-12-3-2-8-18-12/h2-9H,1H3,(H,16,17)/b7-5+. The Bertz CT molecular complexity index is 575. The summed E-state index contributed by atoms with van der Waals surface area (Å²) < 4.78 is 1.01. The van der Waals surface area contributed by atoms with Gasteiger partial charge in [0.1, 0.15) is 0 Å². The van der Waals surface area contributed by atoms with Crippen LogP contribution >= 0.6 is 27.3 Å². The third-order valence-electron chi connectivity index (χ3n) is 2.39. The molecule has 1 N–H and O–H groups in total. The average Bonchev–Trinajstić information content (AvgIpc) is 2.83. The van der Waals surface area contributed by atoms with Crippen LogP contribution in [0.3, 0.4) is 0 Å². The molecule has 2 rings (SSSR count). The van der Waals surface area contributed by atoms with Crippen LogP contribution in [0.4, 0.5) is 5.69 Å². The molecule has 2 aromatic rings. The molecule has 0 radical (unpaired) electrons. The van der Waals surface area contributed by atoms with E-state index in [0.29, 0.717) is 0 Å². The van der Waals surface area contributed by atoms with Gasteiger partial charge in [0.25, 0.3) is 0 Å². The number of halogens is 1. The third kappa shape index (κ3) is 3.55. The molecule has 4 heteroatoms. The van der Waals surface area contributed by atoms with Gasteiger partial charge in [-0.25, -0.2) is 0 Å². The highest BCUT2D eigenvalue weighted by atomic mass is 79.9. The highest BCUT2D eigenvalue weighted by molar-refractivity contribution is 9.10. The molecule has 0 atom stereocenters. The number of hydrogen-bond donors (Lipinski definition) is 1. The van der Waals surface area contributed by atoms with Gasteiger partial charge in [-0.05, 0) is 48.2 Å². The van der Waals surface area contributed by atoms with Crippen molar-refractivity contribution in [3.05, 3.63) is 56.7 Å². The molecule has 1 aromatic carbocycles. The van der Waals surface area contributed by atoms with Crippen molar-refractivity contribution < 1.29 is 4.79 Å². The number of nitrogens with one attached hydrogen (secondary N) is 1. The first-order valence-electron chi connectivity index (χ1n) is 5.44. The summed E-state index contributed by atoms with van der Waals surface area (Å²) in [5, 5.41) is 4.84. The van der Waals surface area contributed by atoms with Crippen LogP contribution in [0.2, 0.25) is 0 Å². The largest absolute Gasteiger partial charge is 0.322 e. The summed E-state index contributed by atoms with van der Waals surface area (Å²) in [5.74, 6) is -0.117. The smallest absolute Gasteiger partial charge is 0.248 e. The number of thiophene rings is 1. The van der Waals surface area contributed by atoms with Crippen LogP contribution in [0.15, 0.2) is 46.3 Å². The quantitative estimate of drug-likeness (QED) is 0.830. The van der Waals surface area contributed by atoms with E-state index >= 15 is 0 Å². The first kappa shape index (κ1) is 13.1. The van der Waals surface area contributed by atoms with Gasteiger partial charge in [0.2, 0.25) is 5.91 Å². The van der Waals surface area contributed by atoms with Crippen LogP contribution in [-0.4, -0.2) is 5.91 Å². The number of carbonyl (C=O) groups is 1. The van der Waals surface area contributed by atoms with Gasteiger partial charge in [-0.15, -0.1) is 11.3 Å². The fraction of sp³-hybridized carbons (Fsp3) is 0.0714. The molecule has 0 unspecified atom stereocenters. The summed E-state index contributed by atoms with van der Waals surface area (Å²) >= 11 is 5.00. The number of anilines is 1. The highest BCUT2D eigenvalue weighted by Gasteiger charge is 2.01. The number of carbonyl (C=O) groups excluding carboxylic acids is 1. The van der Waals surface area contributed by atoms with Gasteiger partial charge in [-0.1, -0.05) is 22.0 Å². The Kier molecular flexibility index (Phi) is 4.33. The molecule has 0 saturated heterocycles.